The highest BCUT2D eigenvalue weighted by atomic mass is 19.1. The van der Waals surface area contributed by atoms with Gasteiger partial charge >= 0.3 is 5.97 Å². The van der Waals surface area contributed by atoms with Crippen LogP contribution in [0.25, 0.3) is 10.9 Å². The van der Waals surface area contributed by atoms with Crippen molar-refractivity contribution in [2.45, 2.75) is 26.8 Å². The summed E-state index contributed by atoms with van der Waals surface area (Å²) < 4.78 is 24.1. The molecule has 0 saturated carbocycles. The number of aromatic nitrogens is 3. The minimum absolute atomic E-state index is 0.0290. The third kappa shape index (κ3) is 4.61. The predicted molar refractivity (Wildman–Crippen MR) is 114 cm³/mol. The van der Waals surface area contributed by atoms with Crippen molar-refractivity contribution < 1.29 is 18.7 Å². The molecular formula is C21H23FN6O3. The fraction of sp³-hybridized carbons (Fsp3) is 0.286. The number of carbonyl (C=O) groups excluding carboxylic acids is 1. The van der Waals surface area contributed by atoms with Crippen LogP contribution in [0.4, 0.5) is 16.0 Å². The van der Waals surface area contributed by atoms with Crippen LogP contribution in [0.1, 0.15) is 48.4 Å². The first-order valence-electron chi connectivity index (χ1n) is 9.43. The molecule has 0 bridgehead atoms. The number of methoxy groups -OCH3 is 2. The molecule has 9 nitrogen and oxygen atoms in total. The normalized spacial score (nSPS) is 11.0. The van der Waals surface area contributed by atoms with Gasteiger partial charge in [-0.2, -0.15) is 5.26 Å². The molecule has 1 atom stereocenters. The zero-order valence-electron chi connectivity index (χ0n) is 17.9. The molecule has 0 aliphatic heterocycles. The van der Waals surface area contributed by atoms with Gasteiger partial charge in [0, 0.05) is 5.39 Å². The largest absolute Gasteiger partial charge is 0.494 e. The van der Waals surface area contributed by atoms with Gasteiger partial charge in [-0.05, 0) is 25.1 Å². The Balaban J connectivity index is 0.00000166. The first-order valence-corrected chi connectivity index (χ1v) is 9.43. The Kier molecular flexibility index (Phi) is 7.63. The number of nitrogens with zero attached hydrogens (tertiary/aromatic N) is 4. The van der Waals surface area contributed by atoms with E-state index in [2.05, 4.69) is 20.3 Å². The highest BCUT2D eigenvalue weighted by molar-refractivity contribution is 6.06. The zero-order chi connectivity index (χ0) is 23.1. The summed E-state index contributed by atoms with van der Waals surface area (Å²) in [5, 5.41) is 12.6. The number of esters is 1. The Morgan fingerprint density at radius 1 is 1.29 bits per heavy atom. The first-order chi connectivity index (χ1) is 14.9. The van der Waals surface area contributed by atoms with Crippen LogP contribution < -0.4 is 15.8 Å². The zero-order valence-corrected chi connectivity index (χ0v) is 17.9. The van der Waals surface area contributed by atoms with Gasteiger partial charge in [0.2, 0.25) is 0 Å². The molecule has 0 aliphatic carbocycles. The van der Waals surface area contributed by atoms with Gasteiger partial charge in [-0.3, -0.25) is 0 Å². The van der Waals surface area contributed by atoms with E-state index in [4.69, 9.17) is 15.2 Å². The number of nitrogens with one attached hydrogen (secondary N) is 1. The summed E-state index contributed by atoms with van der Waals surface area (Å²) in [5.41, 5.74) is 6.56. The van der Waals surface area contributed by atoms with E-state index >= 15 is 0 Å². The van der Waals surface area contributed by atoms with Gasteiger partial charge in [0.15, 0.2) is 5.75 Å². The fourth-order valence-corrected chi connectivity index (χ4v) is 2.93. The SMILES string of the molecule is CC.COC(=O)c1c(OC)c(C(C)Nc2ncnc(N)c2C#N)nc2ccc(F)cc12. The Bertz CT molecular complexity index is 1150. The third-order valence-corrected chi connectivity index (χ3v) is 4.27. The minimum Gasteiger partial charge on any atom is -0.494 e. The number of pyridine rings is 1. The molecule has 10 heteroatoms. The van der Waals surface area contributed by atoms with Crippen LogP contribution in [0.5, 0.6) is 5.75 Å². The number of nitrogen functional groups attached to an aromatic ring is 1. The number of carbonyl (C=O) groups is 1. The van der Waals surface area contributed by atoms with Crippen molar-refractivity contribution in [3.8, 4) is 11.8 Å². The molecule has 0 saturated heterocycles. The molecule has 0 spiro atoms. The molecule has 1 aromatic carbocycles. The monoisotopic (exact) mass is 426 g/mol. The van der Waals surface area contributed by atoms with E-state index in [9.17, 15) is 14.4 Å². The average Bonchev–Trinajstić information content (AvgIpc) is 2.78. The fourth-order valence-electron chi connectivity index (χ4n) is 2.93. The molecule has 0 amide bonds. The number of anilines is 2. The standard InChI is InChI=1S/C19H17FN6O3.C2H6/c1-9(25-18-12(7-21)17(22)23-8-24-18)15-16(28-2)14(19(27)29-3)11-6-10(20)4-5-13(11)26-15;1-2/h4-6,8-9H,1-3H3,(H3,22,23,24,25);1-2H3. The second-order valence-electron chi connectivity index (χ2n) is 6.02. The van der Waals surface area contributed by atoms with Crippen LogP contribution >= 0.6 is 0 Å². The predicted octanol–water partition coefficient (Wildman–Crippen LogP) is 3.61. The maximum atomic E-state index is 13.8. The number of fused-ring (bicyclic) bond motifs is 1. The van der Waals surface area contributed by atoms with Gasteiger partial charge in [0.05, 0.1) is 25.8 Å². The third-order valence-electron chi connectivity index (χ3n) is 4.27. The second kappa shape index (κ2) is 10.2. The van der Waals surface area contributed by atoms with Crippen LogP contribution in [-0.4, -0.2) is 35.1 Å². The topological polar surface area (TPSA) is 136 Å². The van der Waals surface area contributed by atoms with Gasteiger partial charge in [0.25, 0.3) is 0 Å². The van der Waals surface area contributed by atoms with Crippen LogP contribution in [0.2, 0.25) is 0 Å². The molecule has 31 heavy (non-hydrogen) atoms. The van der Waals surface area contributed by atoms with E-state index in [1.165, 1.54) is 38.7 Å². The van der Waals surface area contributed by atoms with Crippen molar-refractivity contribution in [1.82, 2.24) is 15.0 Å². The summed E-state index contributed by atoms with van der Waals surface area (Å²) in [6.07, 6.45) is 1.22. The Hall–Kier alpha value is -4.00. The lowest BCUT2D eigenvalue weighted by atomic mass is 10.0. The maximum absolute atomic E-state index is 13.8. The molecule has 3 aromatic rings. The Labute approximate surface area is 179 Å². The summed E-state index contributed by atoms with van der Waals surface area (Å²) in [7, 11) is 2.59. The number of halogens is 1. The van der Waals surface area contributed by atoms with Crippen molar-refractivity contribution in [3.63, 3.8) is 0 Å². The number of hydrogen-bond acceptors (Lipinski definition) is 9. The van der Waals surface area contributed by atoms with Gasteiger partial charge < -0.3 is 20.5 Å². The van der Waals surface area contributed by atoms with Gasteiger partial charge in [0.1, 0.15) is 46.7 Å². The number of hydrogen-bond donors (Lipinski definition) is 2. The quantitative estimate of drug-likeness (QED) is 0.586. The smallest absolute Gasteiger partial charge is 0.342 e. The molecule has 2 heterocycles. The van der Waals surface area contributed by atoms with E-state index in [1.54, 1.807) is 6.92 Å². The van der Waals surface area contributed by atoms with Crippen molar-refractivity contribution in [2.24, 2.45) is 0 Å². The average molecular weight is 426 g/mol. The van der Waals surface area contributed by atoms with Crippen molar-refractivity contribution in [3.05, 3.63) is 47.2 Å². The molecule has 0 fully saturated rings. The van der Waals surface area contributed by atoms with E-state index in [0.717, 1.165) is 0 Å². The minimum atomic E-state index is -0.697. The Morgan fingerprint density at radius 2 is 2.00 bits per heavy atom. The molecule has 0 radical (unpaired) electrons. The van der Waals surface area contributed by atoms with Crippen molar-refractivity contribution >= 4 is 28.5 Å². The lowest BCUT2D eigenvalue weighted by Crippen LogP contribution is -2.16. The number of benzene rings is 1. The lowest BCUT2D eigenvalue weighted by Gasteiger charge is -2.20. The highest BCUT2D eigenvalue weighted by Crippen LogP contribution is 2.35. The molecule has 3 rings (SSSR count). The summed E-state index contributed by atoms with van der Waals surface area (Å²) in [4.78, 5) is 24.8. The highest BCUT2D eigenvalue weighted by Gasteiger charge is 2.26. The van der Waals surface area contributed by atoms with Crippen LogP contribution in [0.3, 0.4) is 0 Å². The van der Waals surface area contributed by atoms with Crippen LogP contribution in [0.15, 0.2) is 24.5 Å². The maximum Gasteiger partial charge on any atom is 0.342 e. The number of rotatable bonds is 5. The van der Waals surface area contributed by atoms with Crippen LogP contribution in [-0.2, 0) is 4.74 Å². The molecule has 162 valence electrons. The van der Waals surface area contributed by atoms with Gasteiger partial charge in [-0.1, -0.05) is 13.8 Å². The molecule has 0 aliphatic rings. The van der Waals surface area contributed by atoms with E-state index in [1.807, 2.05) is 19.9 Å². The molecular weight excluding hydrogens is 403 g/mol. The molecule has 3 N–H and O–H groups in total. The second-order valence-corrected chi connectivity index (χ2v) is 6.02. The molecule has 1 unspecified atom stereocenters. The van der Waals surface area contributed by atoms with Gasteiger partial charge in [-0.15, -0.1) is 0 Å². The van der Waals surface area contributed by atoms with E-state index in [-0.39, 0.29) is 33.9 Å². The van der Waals surface area contributed by atoms with Crippen molar-refractivity contribution in [1.29, 1.82) is 5.26 Å². The van der Waals surface area contributed by atoms with E-state index in [0.29, 0.717) is 11.2 Å². The number of nitriles is 1. The lowest BCUT2D eigenvalue weighted by molar-refractivity contribution is 0.0599. The Morgan fingerprint density at radius 3 is 2.61 bits per heavy atom. The number of ether oxygens (including phenoxy) is 2. The summed E-state index contributed by atoms with van der Waals surface area (Å²) in [5.74, 6) is -0.870. The first kappa shape index (κ1) is 23.3. The van der Waals surface area contributed by atoms with Crippen LogP contribution in [0, 0.1) is 17.1 Å². The van der Waals surface area contributed by atoms with Gasteiger partial charge in [-0.25, -0.2) is 24.1 Å². The summed E-state index contributed by atoms with van der Waals surface area (Å²) >= 11 is 0. The number of nitrogens with two attached hydrogens (primary N) is 1. The summed E-state index contributed by atoms with van der Waals surface area (Å²) in [6, 6.07) is 5.26. The van der Waals surface area contributed by atoms with E-state index < -0.39 is 17.8 Å². The summed E-state index contributed by atoms with van der Waals surface area (Å²) in [6.45, 7) is 5.74. The van der Waals surface area contributed by atoms with Crippen molar-refractivity contribution in [2.75, 3.05) is 25.3 Å². The molecule has 2 aromatic heterocycles.